The summed E-state index contributed by atoms with van der Waals surface area (Å²) in [6, 6.07) is 16.2. The van der Waals surface area contributed by atoms with Gasteiger partial charge in [-0.15, -0.1) is 0 Å². The van der Waals surface area contributed by atoms with E-state index in [9.17, 15) is 14.4 Å². The SMILES string of the molecule is CC(N)(C(=O)Nc1ccc(CN2C(=O)CCC2=O)cc1)c1ccccc1. The van der Waals surface area contributed by atoms with Crippen molar-refractivity contribution in [1.82, 2.24) is 4.90 Å². The van der Waals surface area contributed by atoms with E-state index in [-0.39, 0.29) is 37.1 Å². The number of hydrogen-bond donors (Lipinski definition) is 2. The van der Waals surface area contributed by atoms with E-state index < -0.39 is 5.54 Å². The zero-order valence-corrected chi connectivity index (χ0v) is 14.6. The van der Waals surface area contributed by atoms with E-state index in [2.05, 4.69) is 5.32 Å². The largest absolute Gasteiger partial charge is 0.324 e. The van der Waals surface area contributed by atoms with Crippen LogP contribution in [0.5, 0.6) is 0 Å². The smallest absolute Gasteiger partial charge is 0.248 e. The van der Waals surface area contributed by atoms with Crippen molar-refractivity contribution in [1.29, 1.82) is 0 Å². The molecule has 3 amide bonds. The van der Waals surface area contributed by atoms with Crippen molar-refractivity contribution in [3.63, 3.8) is 0 Å². The van der Waals surface area contributed by atoms with E-state index in [0.717, 1.165) is 11.1 Å². The Morgan fingerprint density at radius 2 is 1.62 bits per heavy atom. The molecule has 1 atom stereocenters. The summed E-state index contributed by atoms with van der Waals surface area (Å²) in [5, 5.41) is 2.81. The average molecular weight is 351 g/mol. The van der Waals surface area contributed by atoms with Crippen LogP contribution in [0.15, 0.2) is 54.6 Å². The third kappa shape index (κ3) is 3.65. The monoisotopic (exact) mass is 351 g/mol. The molecule has 0 spiro atoms. The van der Waals surface area contributed by atoms with Gasteiger partial charge in [-0.2, -0.15) is 0 Å². The normalized spacial score (nSPS) is 16.5. The van der Waals surface area contributed by atoms with Gasteiger partial charge < -0.3 is 11.1 Å². The summed E-state index contributed by atoms with van der Waals surface area (Å²) in [5.41, 5.74) is 7.20. The first kappa shape index (κ1) is 17.8. The van der Waals surface area contributed by atoms with Crippen molar-refractivity contribution >= 4 is 23.4 Å². The summed E-state index contributed by atoms with van der Waals surface area (Å²) in [6.07, 6.45) is 0.559. The Labute approximate surface area is 152 Å². The van der Waals surface area contributed by atoms with E-state index in [0.29, 0.717) is 5.69 Å². The molecule has 0 saturated carbocycles. The van der Waals surface area contributed by atoms with Gasteiger partial charge in [-0.1, -0.05) is 42.5 Å². The fourth-order valence-electron chi connectivity index (χ4n) is 2.85. The number of nitrogens with zero attached hydrogens (tertiary/aromatic N) is 1. The van der Waals surface area contributed by atoms with Crippen LogP contribution in [0.2, 0.25) is 0 Å². The van der Waals surface area contributed by atoms with Gasteiger partial charge in [0, 0.05) is 18.5 Å². The second-order valence-corrected chi connectivity index (χ2v) is 6.59. The first-order valence-corrected chi connectivity index (χ1v) is 8.46. The predicted octanol–water partition coefficient (Wildman–Crippen LogP) is 2.15. The summed E-state index contributed by atoms with van der Waals surface area (Å²) in [4.78, 5) is 37.2. The molecule has 0 bridgehead atoms. The predicted molar refractivity (Wildman–Crippen MR) is 97.8 cm³/mol. The van der Waals surface area contributed by atoms with Gasteiger partial charge in [-0.05, 0) is 30.2 Å². The van der Waals surface area contributed by atoms with Crippen LogP contribution in [0.1, 0.15) is 30.9 Å². The Morgan fingerprint density at radius 3 is 2.19 bits per heavy atom. The van der Waals surface area contributed by atoms with E-state index in [1.807, 2.05) is 30.3 Å². The van der Waals surface area contributed by atoms with Gasteiger partial charge in [0.05, 0.1) is 6.54 Å². The maximum Gasteiger partial charge on any atom is 0.248 e. The number of nitrogens with one attached hydrogen (secondary N) is 1. The Bertz CT molecular complexity index is 813. The van der Waals surface area contributed by atoms with Gasteiger partial charge in [0.2, 0.25) is 17.7 Å². The Hall–Kier alpha value is -2.99. The molecular weight excluding hydrogens is 330 g/mol. The van der Waals surface area contributed by atoms with Crippen molar-refractivity contribution in [3.8, 4) is 0 Å². The van der Waals surface area contributed by atoms with Crippen LogP contribution in [-0.4, -0.2) is 22.6 Å². The molecule has 3 N–H and O–H groups in total. The lowest BCUT2D eigenvalue weighted by molar-refractivity contribution is -0.139. The zero-order chi connectivity index (χ0) is 18.7. The van der Waals surface area contributed by atoms with Gasteiger partial charge in [-0.25, -0.2) is 0 Å². The first-order chi connectivity index (χ1) is 12.4. The van der Waals surface area contributed by atoms with E-state index in [4.69, 9.17) is 5.73 Å². The lowest BCUT2D eigenvalue weighted by Crippen LogP contribution is -2.45. The van der Waals surface area contributed by atoms with Crippen molar-refractivity contribution in [3.05, 3.63) is 65.7 Å². The molecule has 0 aliphatic carbocycles. The number of rotatable bonds is 5. The molecule has 1 unspecified atom stereocenters. The molecule has 134 valence electrons. The van der Waals surface area contributed by atoms with E-state index >= 15 is 0 Å². The number of benzene rings is 2. The molecule has 1 fully saturated rings. The van der Waals surface area contributed by atoms with Crippen molar-refractivity contribution < 1.29 is 14.4 Å². The Kier molecular flexibility index (Phi) is 4.86. The number of anilines is 1. The standard InChI is InChI=1S/C20H21N3O3/c1-20(21,15-5-3-2-4-6-15)19(26)22-16-9-7-14(8-10-16)13-23-17(24)11-12-18(23)25/h2-10H,11-13,21H2,1H3,(H,22,26). The molecule has 1 saturated heterocycles. The fraction of sp³-hybridized carbons (Fsp3) is 0.250. The maximum atomic E-state index is 12.6. The molecule has 26 heavy (non-hydrogen) atoms. The second-order valence-electron chi connectivity index (χ2n) is 6.59. The highest BCUT2D eigenvalue weighted by molar-refractivity contribution is 6.02. The van der Waals surface area contributed by atoms with Crippen LogP contribution in [0.25, 0.3) is 0 Å². The molecule has 6 nitrogen and oxygen atoms in total. The third-order valence-corrected chi connectivity index (χ3v) is 4.55. The van der Waals surface area contributed by atoms with Crippen LogP contribution in [-0.2, 0) is 26.5 Å². The summed E-state index contributed by atoms with van der Waals surface area (Å²) in [7, 11) is 0. The highest BCUT2D eigenvalue weighted by Gasteiger charge is 2.31. The topological polar surface area (TPSA) is 92.5 Å². The second kappa shape index (κ2) is 7.09. The van der Waals surface area contributed by atoms with Crippen LogP contribution >= 0.6 is 0 Å². The Balaban J connectivity index is 1.66. The minimum Gasteiger partial charge on any atom is -0.324 e. The molecule has 2 aromatic carbocycles. The molecule has 1 heterocycles. The third-order valence-electron chi connectivity index (χ3n) is 4.55. The number of carbonyl (C=O) groups excluding carboxylic acids is 3. The van der Waals surface area contributed by atoms with Crippen LogP contribution < -0.4 is 11.1 Å². The number of nitrogens with two attached hydrogens (primary N) is 1. The lowest BCUT2D eigenvalue weighted by atomic mass is 9.92. The molecular formula is C20H21N3O3. The number of imide groups is 1. The van der Waals surface area contributed by atoms with Gasteiger partial charge in [0.25, 0.3) is 0 Å². The van der Waals surface area contributed by atoms with Crippen molar-refractivity contribution in [2.24, 2.45) is 5.73 Å². The summed E-state index contributed by atoms with van der Waals surface area (Å²) in [5.74, 6) is -0.607. The number of amides is 3. The number of hydrogen-bond acceptors (Lipinski definition) is 4. The van der Waals surface area contributed by atoms with Crippen molar-refractivity contribution in [2.45, 2.75) is 31.8 Å². The number of carbonyl (C=O) groups is 3. The molecule has 0 aromatic heterocycles. The van der Waals surface area contributed by atoms with Crippen LogP contribution in [0.4, 0.5) is 5.69 Å². The molecule has 2 aromatic rings. The van der Waals surface area contributed by atoms with Crippen LogP contribution in [0.3, 0.4) is 0 Å². The highest BCUT2D eigenvalue weighted by atomic mass is 16.2. The molecule has 0 radical (unpaired) electrons. The minimum absolute atomic E-state index is 0.144. The maximum absolute atomic E-state index is 12.6. The van der Waals surface area contributed by atoms with Gasteiger partial charge >= 0.3 is 0 Å². The van der Waals surface area contributed by atoms with E-state index in [1.165, 1.54) is 4.90 Å². The Morgan fingerprint density at radius 1 is 1.04 bits per heavy atom. The van der Waals surface area contributed by atoms with Gasteiger partial charge in [0.15, 0.2) is 0 Å². The summed E-state index contributed by atoms with van der Waals surface area (Å²) >= 11 is 0. The van der Waals surface area contributed by atoms with Gasteiger partial charge in [-0.3, -0.25) is 19.3 Å². The minimum atomic E-state index is -1.16. The molecule has 6 heteroatoms. The lowest BCUT2D eigenvalue weighted by Gasteiger charge is -2.24. The molecule has 1 aliphatic rings. The zero-order valence-electron chi connectivity index (χ0n) is 14.6. The molecule has 1 aliphatic heterocycles. The summed E-state index contributed by atoms with van der Waals surface area (Å²) in [6.45, 7) is 1.92. The van der Waals surface area contributed by atoms with Gasteiger partial charge in [0.1, 0.15) is 5.54 Å². The van der Waals surface area contributed by atoms with E-state index in [1.54, 1.807) is 31.2 Å². The summed E-state index contributed by atoms with van der Waals surface area (Å²) < 4.78 is 0. The quantitative estimate of drug-likeness (QED) is 0.807. The first-order valence-electron chi connectivity index (χ1n) is 8.46. The fourth-order valence-corrected chi connectivity index (χ4v) is 2.85. The average Bonchev–Trinajstić information content (AvgIpc) is 2.96. The highest BCUT2D eigenvalue weighted by Crippen LogP contribution is 2.21. The van der Waals surface area contributed by atoms with Crippen LogP contribution in [0, 0.1) is 0 Å². The van der Waals surface area contributed by atoms with Crippen molar-refractivity contribution in [2.75, 3.05) is 5.32 Å². The number of likely N-dealkylation sites (tertiary alicyclic amines) is 1. The molecule has 3 rings (SSSR count).